The molecule has 1 saturated carbocycles. The maximum absolute atomic E-state index is 14.7. The standard InChI is InChI=1S/C21H17F5N4O/c22-13-6-12-16(7-14(13)23)27-9-17(12)29-19(31)11-5-15(24)18(28-8-11)30-3-1-20(2-4-30)10-21(20,25)26/h5-9,27H,1-4,10H2,(H,29,31). The highest BCUT2D eigenvalue weighted by Crippen LogP contribution is 2.65. The van der Waals surface area contributed by atoms with E-state index >= 15 is 0 Å². The first-order valence-electron chi connectivity index (χ1n) is 9.75. The van der Waals surface area contributed by atoms with Gasteiger partial charge in [-0.2, -0.15) is 0 Å². The van der Waals surface area contributed by atoms with Gasteiger partial charge in [-0.25, -0.2) is 26.9 Å². The van der Waals surface area contributed by atoms with E-state index in [1.54, 1.807) is 4.90 Å². The van der Waals surface area contributed by atoms with E-state index in [4.69, 9.17) is 0 Å². The number of hydrogen-bond acceptors (Lipinski definition) is 3. The molecule has 162 valence electrons. The van der Waals surface area contributed by atoms with E-state index in [-0.39, 0.29) is 60.3 Å². The Morgan fingerprint density at radius 1 is 1.06 bits per heavy atom. The van der Waals surface area contributed by atoms with Crippen molar-refractivity contribution in [3.63, 3.8) is 0 Å². The molecule has 1 aliphatic carbocycles. The van der Waals surface area contributed by atoms with Crippen molar-refractivity contribution in [3.8, 4) is 0 Å². The molecule has 3 aromatic rings. The fourth-order valence-electron chi connectivity index (χ4n) is 4.27. The van der Waals surface area contributed by atoms with Crippen LogP contribution in [-0.4, -0.2) is 34.9 Å². The Bertz CT molecular complexity index is 1200. The quantitative estimate of drug-likeness (QED) is 0.577. The van der Waals surface area contributed by atoms with Gasteiger partial charge in [-0.05, 0) is 25.0 Å². The monoisotopic (exact) mass is 436 g/mol. The van der Waals surface area contributed by atoms with Crippen molar-refractivity contribution in [2.24, 2.45) is 5.41 Å². The summed E-state index contributed by atoms with van der Waals surface area (Å²) in [4.78, 5) is 20.9. The Kier molecular flexibility index (Phi) is 4.25. The molecule has 2 aromatic heterocycles. The molecule has 0 unspecified atom stereocenters. The van der Waals surface area contributed by atoms with Crippen LogP contribution in [0.4, 0.5) is 33.5 Å². The van der Waals surface area contributed by atoms with Gasteiger partial charge in [0.2, 0.25) is 0 Å². The number of carbonyl (C=O) groups excluding carboxylic acids is 1. The van der Waals surface area contributed by atoms with Crippen LogP contribution in [0.25, 0.3) is 10.9 Å². The summed E-state index contributed by atoms with van der Waals surface area (Å²) in [5, 5.41) is 2.78. The van der Waals surface area contributed by atoms with Crippen LogP contribution in [0.3, 0.4) is 0 Å². The summed E-state index contributed by atoms with van der Waals surface area (Å²) in [5.74, 6) is -6.13. The Morgan fingerprint density at radius 3 is 2.39 bits per heavy atom. The number of rotatable bonds is 3. The predicted octanol–water partition coefficient (Wildman–Crippen LogP) is 4.86. The summed E-state index contributed by atoms with van der Waals surface area (Å²) >= 11 is 0. The second-order valence-electron chi connectivity index (χ2n) is 8.15. The summed E-state index contributed by atoms with van der Waals surface area (Å²) in [7, 11) is 0. The van der Waals surface area contributed by atoms with Gasteiger partial charge in [0.1, 0.15) is 0 Å². The molecule has 3 heterocycles. The first kappa shape index (κ1) is 19.8. The number of piperidine rings is 1. The number of nitrogens with zero attached hydrogens (tertiary/aromatic N) is 2. The third-order valence-electron chi connectivity index (χ3n) is 6.29. The molecule has 1 saturated heterocycles. The minimum Gasteiger partial charge on any atom is -0.359 e. The van der Waals surface area contributed by atoms with Crippen molar-refractivity contribution in [1.82, 2.24) is 9.97 Å². The van der Waals surface area contributed by atoms with Crippen LogP contribution in [0.1, 0.15) is 29.6 Å². The number of halogens is 5. The average molecular weight is 436 g/mol. The van der Waals surface area contributed by atoms with Crippen molar-refractivity contribution in [2.75, 3.05) is 23.3 Å². The van der Waals surface area contributed by atoms with E-state index in [9.17, 15) is 26.7 Å². The summed E-state index contributed by atoms with van der Waals surface area (Å²) in [6, 6.07) is 2.94. The largest absolute Gasteiger partial charge is 0.359 e. The van der Waals surface area contributed by atoms with Gasteiger partial charge in [-0.15, -0.1) is 0 Å². The van der Waals surface area contributed by atoms with Crippen LogP contribution in [0.5, 0.6) is 0 Å². The van der Waals surface area contributed by atoms with Crippen molar-refractivity contribution in [2.45, 2.75) is 25.2 Å². The van der Waals surface area contributed by atoms with E-state index in [1.165, 1.54) is 12.4 Å². The third kappa shape index (κ3) is 3.21. The molecule has 31 heavy (non-hydrogen) atoms. The topological polar surface area (TPSA) is 61.0 Å². The number of aromatic nitrogens is 2. The van der Waals surface area contributed by atoms with Crippen LogP contribution in [0.2, 0.25) is 0 Å². The van der Waals surface area contributed by atoms with Crippen molar-refractivity contribution < 1.29 is 26.7 Å². The number of amides is 1. The molecular weight excluding hydrogens is 419 g/mol. The zero-order chi connectivity index (χ0) is 22.0. The minimum atomic E-state index is -2.63. The predicted molar refractivity (Wildman–Crippen MR) is 104 cm³/mol. The second-order valence-corrected chi connectivity index (χ2v) is 8.15. The van der Waals surface area contributed by atoms with Crippen LogP contribution in [-0.2, 0) is 0 Å². The Morgan fingerprint density at radius 2 is 1.74 bits per heavy atom. The maximum atomic E-state index is 14.7. The normalized spacial score (nSPS) is 19.1. The molecule has 2 fully saturated rings. The molecule has 0 bridgehead atoms. The lowest BCUT2D eigenvalue weighted by Crippen LogP contribution is -2.37. The summed E-state index contributed by atoms with van der Waals surface area (Å²) in [6.45, 7) is 0.533. The second kappa shape index (κ2) is 6.66. The SMILES string of the molecule is O=C(Nc1c[nH]c2cc(F)c(F)cc12)c1cnc(N2CCC3(CC2)CC3(F)F)c(F)c1. The zero-order valence-electron chi connectivity index (χ0n) is 16.1. The lowest BCUT2D eigenvalue weighted by molar-refractivity contribution is 0.0536. The molecular formula is C21H17F5N4O. The third-order valence-corrected chi connectivity index (χ3v) is 6.29. The number of nitrogens with one attached hydrogen (secondary N) is 2. The molecule has 10 heteroatoms. The maximum Gasteiger partial charge on any atom is 0.257 e. The molecule has 5 rings (SSSR count). The Hall–Kier alpha value is -3.17. The molecule has 1 aromatic carbocycles. The number of pyridine rings is 1. The van der Waals surface area contributed by atoms with Crippen LogP contribution >= 0.6 is 0 Å². The summed E-state index contributed by atoms with van der Waals surface area (Å²) in [6.07, 6.45) is 2.98. The number of hydrogen-bond donors (Lipinski definition) is 2. The summed E-state index contributed by atoms with van der Waals surface area (Å²) < 4.78 is 68.6. The Balaban J connectivity index is 1.31. The highest BCUT2D eigenvalue weighted by molar-refractivity contribution is 6.08. The van der Waals surface area contributed by atoms with Crippen LogP contribution < -0.4 is 10.2 Å². The van der Waals surface area contributed by atoms with Crippen molar-refractivity contribution >= 4 is 28.3 Å². The van der Waals surface area contributed by atoms with E-state index in [0.29, 0.717) is 0 Å². The molecule has 0 atom stereocenters. The van der Waals surface area contributed by atoms with Crippen molar-refractivity contribution in [3.05, 3.63) is 53.6 Å². The fraction of sp³-hybridized carbons (Fsp3) is 0.333. The number of H-pyrrole nitrogens is 1. The molecule has 1 aliphatic heterocycles. The highest BCUT2D eigenvalue weighted by Gasteiger charge is 2.70. The van der Waals surface area contributed by atoms with E-state index in [0.717, 1.165) is 18.2 Å². The molecule has 0 radical (unpaired) electrons. The lowest BCUT2D eigenvalue weighted by Gasteiger charge is -2.33. The zero-order valence-corrected chi connectivity index (χ0v) is 16.1. The fourth-order valence-corrected chi connectivity index (χ4v) is 4.27. The van der Waals surface area contributed by atoms with Gasteiger partial charge in [0.15, 0.2) is 23.3 Å². The first-order chi connectivity index (χ1) is 14.7. The van der Waals surface area contributed by atoms with Crippen LogP contribution in [0, 0.1) is 22.9 Å². The van der Waals surface area contributed by atoms with Crippen LogP contribution in [0.15, 0.2) is 30.6 Å². The van der Waals surface area contributed by atoms with Gasteiger partial charge in [-0.3, -0.25) is 4.79 Å². The molecule has 2 aliphatic rings. The molecule has 1 amide bonds. The van der Waals surface area contributed by atoms with Crippen molar-refractivity contribution in [1.29, 1.82) is 0 Å². The average Bonchev–Trinajstić information content (AvgIpc) is 3.04. The minimum absolute atomic E-state index is 0.0139. The molecule has 5 nitrogen and oxygen atoms in total. The number of anilines is 2. The summed E-state index contributed by atoms with van der Waals surface area (Å²) in [5.41, 5.74) is -0.532. The smallest absolute Gasteiger partial charge is 0.257 e. The van der Waals surface area contributed by atoms with Gasteiger partial charge < -0.3 is 15.2 Å². The van der Waals surface area contributed by atoms with E-state index in [2.05, 4.69) is 15.3 Å². The van der Waals surface area contributed by atoms with Gasteiger partial charge in [0.25, 0.3) is 11.8 Å². The van der Waals surface area contributed by atoms with Gasteiger partial charge >= 0.3 is 0 Å². The van der Waals surface area contributed by atoms with Gasteiger partial charge in [-0.1, -0.05) is 0 Å². The molecule has 2 N–H and O–H groups in total. The number of benzene rings is 1. The van der Waals surface area contributed by atoms with Gasteiger partial charge in [0, 0.05) is 48.8 Å². The number of fused-ring (bicyclic) bond motifs is 1. The molecule has 1 spiro atoms. The number of alkyl halides is 2. The Labute approximate surface area is 173 Å². The van der Waals surface area contributed by atoms with E-state index in [1.807, 2.05) is 0 Å². The number of carbonyl (C=O) groups is 1. The number of aromatic amines is 1. The lowest BCUT2D eigenvalue weighted by atomic mass is 9.93. The first-order valence-corrected chi connectivity index (χ1v) is 9.75. The van der Waals surface area contributed by atoms with E-state index < -0.39 is 34.7 Å². The van der Waals surface area contributed by atoms with Gasteiger partial charge in [0.05, 0.1) is 16.8 Å². The highest BCUT2D eigenvalue weighted by atomic mass is 19.3.